The number of hydrogen-bond donors (Lipinski definition) is 0. The molecule has 138 valence electrons. The third kappa shape index (κ3) is 3.68. The topological polar surface area (TPSA) is 0 Å². The van der Waals surface area contributed by atoms with Crippen LogP contribution in [-0.2, 0) is 12.8 Å². The summed E-state index contributed by atoms with van der Waals surface area (Å²) in [5, 5.41) is 3.21. The molecule has 0 saturated heterocycles. The Morgan fingerprint density at radius 3 is 1.92 bits per heavy atom. The average Bonchev–Trinajstić information content (AvgIpc) is 2.91. The van der Waals surface area contributed by atoms with Gasteiger partial charge >= 0.3 is 0 Å². The first-order valence-corrected chi connectivity index (χ1v) is 17.0. The van der Waals surface area contributed by atoms with Gasteiger partial charge < -0.3 is 0 Å². The first-order chi connectivity index (χ1) is 12.0. The second-order valence-electron chi connectivity index (χ2n) is 9.99. The Hall–Kier alpha value is -1.39. The quantitative estimate of drug-likeness (QED) is 0.575. The molecule has 2 aromatic carbocycles. The lowest BCUT2D eigenvalue weighted by molar-refractivity contribution is 1.13. The lowest BCUT2D eigenvalue weighted by atomic mass is 9.91. The van der Waals surface area contributed by atoms with Gasteiger partial charge in [-0.05, 0) is 47.6 Å². The van der Waals surface area contributed by atoms with Crippen molar-refractivity contribution >= 4 is 32.6 Å². The van der Waals surface area contributed by atoms with E-state index in [9.17, 15) is 0 Å². The largest absolute Gasteiger partial charge is 0.0776 e. The summed E-state index contributed by atoms with van der Waals surface area (Å²) in [5.41, 5.74) is 8.92. The molecule has 0 saturated carbocycles. The molecule has 3 rings (SSSR count). The van der Waals surface area contributed by atoms with Crippen LogP contribution in [0.4, 0.5) is 0 Å². The highest BCUT2D eigenvalue weighted by Crippen LogP contribution is 2.36. The Bertz CT molecular complexity index is 842. The summed E-state index contributed by atoms with van der Waals surface area (Å²) >= 11 is 0. The SMILES string of the molecule is CCc1ccc2c(c1-c1cc([Si](C)(C)C)cc([Si](C)(C)C)c1)C=C(C)C2. The molecular formula is C24H34Si2. The van der Waals surface area contributed by atoms with Gasteiger partial charge in [0, 0.05) is 0 Å². The fraction of sp³-hybridized carbons (Fsp3) is 0.417. The maximum absolute atomic E-state index is 2.54. The number of benzene rings is 2. The number of rotatable bonds is 4. The van der Waals surface area contributed by atoms with Crippen LogP contribution < -0.4 is 10.4 Å². The summed E-state index contributed by atoms with van der Waals surface area (Å²) in [5.74, 6) is 0. The number of hydrogen-bond acceptors (Lipinski definition) is 0. The predicted molar refractivity (Wildman–Crippen MR) is 125 cm³/mol. The van der Waals surface area contributed by atoms with E-state index in [1.54, 1.807) is 10.4 Å². The molecule has 0 atom stereocenters. The molecule has 0 amide bonds. The zero-order valence-electron chi connectivity index (χ0n) is 17.9. The Balaban J connectivity index is 2.33. The van der Waals surface area contributed by atoms with Crippen LogP contribution in [0.1, 0.15) is 30.5 Å². The summed E-state index contributed by atoms with van der Waals surface area (Å²) in [6.07, 6.45) is 4.63. The van der Waals surface area contributed by atoms with Crippen LogP contribution >= 0.6 is 0 Å². The van der Waals surface area contributed by atoms with Gasteiger partial charge in [-0.25, -0.2) is 0 Å². The molecule has 0 radical (unpaired) electrons. The molecule has 0 nitrogen and oxygen atoms in total. The van der Waals surface area contributed by atoms with E-state index in [0.29, 0.717) is 0 Å². The van der Waals surface area contributed by atoms with Gasteiger partial charge in [0.1, 0.15) is 0 Å². The fourth-order valence-corrected chi connectivity index (χ4v) is 6.40. The minimum atomic E-state index is -1.37. The van der Waals surface area contributed by atoms with E-state index in [1.807, 2.05) is 0 Å². The predicted octanol–water partition coefficient (Wildman–Crippen LogP) is 5.97. The highest BCUT2D eigenvalue weighted by atomic mass is 28.3. The summed E-state index contributed by atoms with van der Waals surface area (Å²) in [7, 11) is -2.74. The van der Waals surface area contributed by atoms with Crippen molar-refractivity contribution in [3.63, 3.8) is 0 Å². The molecular weight excluding hydrogens is 344 g/mol. The molecule has 0 N–H and O–H groups in total. The van der Waals surface area contributed by atoms with Gasteiger partial charge in [0.05, 0.1) is 16.1 Å². The third-order valence-electron chi connectivity index (χ3n) is 5.62. The maximum atomic E-state index is 2.54. The van der Waals surface area contributed by atoms with Gasteiger partial charge in [-0.15, -0.1) is 0 Å². The lowest BCUT2D eigenvalue weighted by Gasteiger charge is -2.25. The zero-order valence-corrected chi connectivity index (χ0v) is 19.9. The zero-order chi connectivity index (χ0) is 19.3. The Morgan fingerprint density at radius 1 is 0.846 bits per heavy atom. The minimum absolute atomic E-state index is 1.09. The molecule has 0 aromatic heterocycles. The van der Waals surface area contributed by atoms with E-state index in [2.05, 4.69) is 89.5 Å². The van der Waals surface area contributed by atoms with E-state index in [0.717, 1.165) is 12.8 Å². The van der Waals surface area contributed by atoms with Crippen molar-refractivity contribution in [2.45, 2.75) is 66.0 Å². The fourth-order valence-electron chi connectivity index (χ4n) is 3.90. The van der Waals surface area contributed by atoms with Crippen molar-refractivity contribution in [1.82, 2.24) is 0 Å². The standard InChI is InChI=1S/C24H34Si2/c1-9-18-10-11-19-12-17(2)13-23(19)24(18)20-14-21(25(3,4)5)16-22(15-20)26(6,7)8/h10-11,13-16H,9,12H2,1-8H3. The van der Waals surface area contributed by atoms with Gasteiger partial charge in [-0.1, -0.05) is 98.6 Å². The molecule has 0 fully saturated rings. The van der Waals surface area contributed by atoms with Crippen molar-refractivity contribution in [2.75, 3.05) is 0 Å². The van der Waals surface area contributed by atoms with Crippen LogP contribution in [0, 0.1) is 0 Å². The molecule has 1 aliphatic carbocycles. The first kappa shape index (κ1) is 19.4. The van der Waals surface area contributed by atoms with Crippen LogP contribution in [0.5, 0.6) is 0 Å². The normalized spacial score (nSPS) is 14.4. The molecule has 0 spiro atoms. The second kappa shape index (κ2) is 6.65. The third-order valence-corrected chi connectivity index (χ3v) is 9.66. The highest BCUT2D eigenvalue weighted by Gasteiger charge is 2.25. The van der Waals surface area contributed by atoms with Crippen LogP contribution in [0.3, 0.4) is 0 Å². The average molecular weight is 379 g/mol. The Morgan fingerprint density at radius 2 is 1.42 bits per heavy atom. The van der Waals surface area contributed by atoms with Crippen molar-refractivity contribution in [3.05, 3.63) is 52.6 Å². The van der Waals surface area contributed by atoms with Crippen LogP contribution in [0.25, 0.3) is 17.2 Å². The van der Waals surface area contributed by atoms with E-state index in [4.69, 9.17) is 0 Å². The molecule has 2 heteroatoms. The van der Waals surface area contributed by atoms with E-state index in [1.165, 1.54) is 33.4 Å². The van der Waals surface area contributed by atoms with E-state index >= 15 is 0 Å². The van der Waals surface area contributed by atoms with Crippen molar-refractivity contribution in [2.24, 2.45) is 0 Å². The second-order valence-corrected chi connectivity index (χ2v) is 20.1. The first-order valence-electron chi connectivity index (χ1n) is 9.99. The van der Waals surface area contributed by atoms with Gasteiger partial charge in [-0.2, -0.15) is 0 Å². The van der Waals surface area contributed by atoms with Gasteiger partial charge in [-0.3, -0.25) is 0 Å². The summed E-state index contributed by atoms with van der Waals surface area (Å²) in [6, 6.07) is 12.3. The van der Waals surface area contributed by atoms with Crippen molar-refractivity contribution in [1.29, 1.82) is 0 Å². The number of fused-ring (bicyclic) bond motifs is 1. The van der Waals surface area contributed by atoms with Gasteiger partial charge in [0.25, 0.3) is 0 Å². The van der Waals surface area contributed by atoms with Crippen LogP contribution in [0.15, 0.2) is 35.9 Å². The molecule has 0 heterocycles. The van der Waals surface area contributed by atoms with Gasteiger partial charge in [0.15, 0.2) is 0 Å². The maximum Gasteiger partial charge on any atom is 0.0776 e. The lowest BCUT2D eigenvalue weighted by Crippen LogP contribution is -2.45. The Labute approximate surface area is 162 Å². The van der Waals surface area contributed by atoms with Crippen LogP contribution in [-0.4, -0.2) is 16.1 Å². The molecule has 0 aliphatic heterocycles. The van der Waals surface area contributed by atoms with Crippen molar-refractivity contribution in [3.8, 4) is 11.1 Å². The monoisotopic (exact) mass is 378 g/mol. The van der Waals surface area contributed by atoms with Crippen LogP contribution in [0.2, 0.25) is 39.3 Å². The molecule has 2 aromatic rings. The summed E-state index contributed by atoms with van der Waals surface area (Å²) in [6.45, 7) is 19.4. The number of aryl methyl sites for hydroxylation is 1. The summed E-state index contributed by atoms with van der Waals surface area (Å²) in [4.78, 5) is 0. The van der Waals surface area contributed by atoms with Crippen molar-refractivity contribution < 1.29 is 0 Å². The number of allylic oxidation sites excluding steroid dienone is 1. The van der Waals surface area contributed by atoms with Gasteiger partial charge in [0.2, 0.25) is 0 Å². The van der Waals surface area contributed by atoms with E-state index < -0.39 is 16.1 Å². The van der Waals surface area contributed by atoms with E-state index in [-0.39, 0.29) is 0 Å². The molecule has 1 aliphatic rings. The minimum Gasteiger partial charge on any atom is -0.0683 e. The molecule has 0 unspecified atom stereocenters. The highest BCUT2D eigenvalue weighted by molar-refractivity contribution is 6.91. The molecule has 26 heavy (non-hydrogen) atoms. The Kier molecular flexibility index (Phi) is 4.96. The molecule has 0 bridgehead atoms. The smallest absolute Gasteiger partial charge is 0.0683 e. The summed E-state index contributed by atoms with van der Waals surface area (Å²) < 4.78 is 0.